The van der Waals surface area contributed by atoms with Crippen molar-refractivity contribution in [2.45, 2.75) is 52.0 Å². The van der Waals surface area contributed by atoms with Gasteiger partial charge in [0, 0.05) is 19.7 Å². The normalized spacial score (nSPS) is 11.9. The van der Waals surface area contributed by atoms with Gasteiger partial charge in [0.1, 0.15) is 6.54 Å². The van der Waals surface area contributed by atoms with Crippen LogP contribution >= 0.6 is 0 Å². The first-order chi connectivity index (χ1) is 9.54. The Morgan fingerprint density at radius 2 is 1.95 bits per heavy atom. The highest BCUT2D eigenvalue weighted by atomic mass is 16.5. The van der Waals surface area contributed by atoms with Crippen molar-refractivity contribution < 1.29 is 19.4 Å². The van der Waals surface area contributed by atoms with Crippen LogP contribution in [0.3, 0.4) is 0 Å². The van der Waals surface area contributed by atoms with E-state index in [0.717, 1.165) is 32.1 Å². The lowest BCUT2D eigenvalue weighted by atomic mass is 10.1. The van der Waals surface area contributed by atoms with Crippen LogP contribution in [0.1, 0.15) is 46.0 Å². The van der Waals surface area contributed by atoms with Gasteiger partial charge < -0.3 is 20.1 Å². The van der Waals surface area contributed by atoms with Gasteiger partial charge >= 0.3 is 12.0 Å². The van der Waals surface area contributed by atoms with Crippen LogP contribution in [0.5, 0.6) is 0 Å². The molecule has 20 heavy (non-hydrogen) atoms. The molecule has 1 unspecified atom stereocenters. The fourth-order valence-corrected chi connectivity index (χ4v) is 1.97. The maximum atomic E-state index is 12.1. The molecular weight excluding hydrogens is 260 g/mol. The average molecular weight is 288 g/mol. The topological polar surface area (TPSA) is 78.9 Å². The fourth-order valence-electron chi connectivity index (χ4n) is 1.97. The van der Waals surface area contributed by atoms with Gasteiger partial charge in [0.05, 0.1) is 6.61 Å². The van der Waals surface area contributed by atoms with Gasteiger partial charge in [0.15, 0.2) is 0 Å². The first kappa shape index (κ1) is 18.7. The van der Waals surface area contributed by atoms with Gasteiger partial charge in [0.25, 0.3) is 0 Å². The van der Waals surface area contributed by atoms with Crippen molar-refractivity contribution in [3.8, 4) is 0 Å². The van der Waals surface area contributed by atoms with Crippen LogP contribution in [0.25, 0.3) is 0 Å². The molecule has 0 aliphatic carbocycles. The van der Waals surface area contributed by atoms with Crippen LogP contribution < -0.4 is 5.32 Å². The Morgan fingerprint density at radius 3 is 2.45 bits per heavy atom. The largest absolute Gasteiger partial charge is 0.480 e. The Bertz CT molecular complexity index is 284. The summed E-state index contributed by atoms with van der Waals surface area (Å²) in [5, 5.41) is 11.8. The summed E-state index contributed by atoms with van der Waals surface area (Å²) in [6.45, 7) is 4.49. The van der Waals surface area contributed by atoms with E-state index in [1.54, 1.807) is 0 Å². The highest BCUT2D eigenvalue weighted by molar-refractivity contribution is 5.80. The molecule has 0 aliphatic rings. The molecular formula is C14H28N2O4. The monoisotopic (exact) mass is 288 g/mol. The molecule has 1 atom stereocenters. The number of carboxylic acids is 1. The van der Waals surface area contributed by atoms with E-state index >= 15 is 0 Å². The Hall–Kier alpha value is -1.30. The van der Waals surface area contributed by atoms with Crippen LogP contribution in [-0.2, 0) is 9.53 Å². The molecule has 2 amide bonds. The van der Waals surface area contributed by atoms with Crippen LogP contribution in [0.4, 0.5) is 4.79 Å². The van der Waals surface area contributed by atoms with E-state index in [2.05, 4.69) is 19.2 Å². The second-order valence-corrected chi connectivity index (χ2v) is 4.89. The smallest absolute Gasteiger partial charge is 0.323 e. The van der Waals surface area contributed by atoms with Crippen molar-refractivity contribution in [2.75, 3.05) is 26.8 Å². The van der Waals surface area contributed by atoms with Crippen molar-refractivity contribution in [2.24, 2.45) is 0 Å². The summed E-state index contributed by atoms with van der Waals surface area (Å²) in [5.41, 5.74) is 0. The quantitative estimate of drug-likeness (QED) is 0.610. The molecule has 0 saturated heterocycles. The summed E-state index contributed by atoms with van der Waals surface area (Å²) in [6, 6.07) is -0.203. The number of carbonyl (C=O) groups excluding carboxylic acids is 1. The molecule has 0 radical (unpaired) electrons. The number of rotatable bonds is 11. The molecule has 2 N–H and O–H groups in total. The number of carboxylic acid groups (broad SMARTS) is 1. The lowest BCUT2D eigenvalue weighted by molar-refractivity contribution is -0.137. The number of ether oxygens (including phenoxy) is 1. The van der Waals surface area contributed by atoms with E-state index in [-0.39, 0.29) is 25.2 Å². The van der Waals surface area contributed by atoms with Crippen LogP contribution in [0.2, 0.25) is 0 Å². The first-order valence-electron chi connectivity index (χ1n) is 7.31. The van der Waals surface area contributed by atoms with E-state index in [9.17, 15) is 9.59 Å². The third kappa shape index (κ3) is 8.74. The fraction of sp³-hybridized carbons (Fsp3) is 0.857. The molecule has 0 aromatic rings. The van der Waals surface area contributed by atoms with Gasteiger partial charge in [-0.2, -0.15) is 0 Å². The summed E-state index contributed by atoms with van der Waals surface area (Å²) in [6.07, 6.45) is 4.98. The van der Waals surface area contributed by atoms with Crippen molar-refractivity contribution in [1.29, 1.82) is 0 Å². The molecule has 0 aliphatic heterocycles. The first-order valence-corrected chi connectivity index (χ1v) is 7.31. The van der Waals surface area contributed by atoms with E-state index in [1.807, 2.05) is 0 Å². The summed E-state index contributed by atoms with van der Waals surface area (Å²) >= 11 is 0. The van der Waals surface area contributed by atoms with E-state index in [0.29, 0.717) is 6.61 Å². The number of urea groups is 1. The number of carbonyl (C=O) groups is 2. The number of hydrogen-bond donors (Lipinski definition) is 2. The van der Waals surface area contributed by atoms with Crippen LogP contribution in [0, 0.1) is 0 Å². The number of aliphatic carboxylic acids is 1. The molecule has 0 bridgehead atoms. The minimum Gasteiger partial charge on any atom is -0.480 e. The predicted octanol–water partition coefficient (Wildman–Crippen LogP) is 2.09. The van der Waals surface area contributed by atoms with Gasteiger partial charge in [-0.25, -0.2) is 4.79 Å². The highest BCUT2D eigenvalue weighted by Crippen LogP contribution is 2.07. The molecule has 0 aromatic carbocycles. The summed E-state index contributed by atoms with van der Waals surface area (Å²) in [7, 11) is 1.53. The zero-order chi connectivity index (χ0) is 15.4. The third-order valence-electron chi connectivity index (χ3n) is 3.05. The second kappa shape index (κ2) is 11.5. The number of methoxy groups -OCH3 is 1. The predicted molar refractivity (Wildman–Crippen MR) is 77.8 cm³/mol. The Kier molecular flexibility index (Phi) is 10.8. The number of nitrogens with one attached hydrogen (secondary N) is 1. The minimum absolute atomic E-state index is 0.117. The Labute approximate surface area is 121 Å². The summed E-state index contributed by atoms with van der Waals surface area (Å²) in [4.78, 5) is 24.2. The molecule has 0 heterocycles. The maximum Gasteiger partial charge on any atom is 0.323 e. The molecule has 0 fully saturated rings. The molecule has 0 aromatic heterocycles. The third-order valence-corrected chi connectivity index (χ3v) is 3.05. The number of hydrogen-bond acceptors (Lipinski definition) is 3. The van der Waals surface area contributed by atoms with Crippen LogP contribution in [-0.4, -0.2) is 54.9 Å². The second-order valence-electron chi connectivity index (χ2n) is 4.89. The average Bonchev–Trinajstić information content (AvgIpc) is 2.40. The highest BCUT2D eigenvalue weighted by Gasteiger charge is 2.19. The maximum absolute atomic E-state index is 12.1. The van der Waals surface area contributed by atoms with Gasteiger partial charge in [-0.1, -0.05) is 33.1 Å². The molecule has 118 valence electrons. The Balaban J connectivity index is 4.46. The zero-order valence-corrected chi connectivity index (χ0v) is 12.9. The van der Waals surface area contributed by atoms with Gasteiger partial charge in [0.2, 0.25) is 0 Å². The summed E-state index contributed by atoms with van der Waals surface area (Å²) in [5.74, 6) is -1.02. The van der Waals surface area contributed by atoms with Crippen molar-refractivity contribution in [1.82, 2.24) is 10.2 Å². The molecule has 6 heteroatoms. The standard InChI is InChI=1S/C14H28N2O4/c1-4-6-8-12(7-5-2)15-14(19)16(9-10-20-3)11-13(17)18/h12H,4-11H2,1-3H3,(H,15,19)(H,17,18). The SMILES string of the molecule is CCCCC(CCC)NC(=O)N(CCOC)CC(=O)O. The van der Waals surface area contributed by atoms with Crippen molar-refractivity contribution in [3.05, 3.63) is 0 Å². The lowest BCUT2D eigenvalue weighted by Gasteiger charge is -2.25. The number of amides is 2. The Morgan fingerprint density at radius 1 is 1.25 bits per heavy atom. The molecule has 0 spiro atoms. The van der Waals surface area contributed by atoms with E-state index in [4.69, 9.17) is 9.84 Å². The van der Waals surface area contributed by atoms with Gasteiger partial charge in [-0.3, -0.25) is 4.79 Å². The number of nitrogens with zero attached hydrogens (tertiary/aromatic N) is 1. The molecule has 6 nitrogen and oxygen atoms in total. The van der Waals surface area contributed by atoms with Crippen LogP contribution in [0.15, 0.2) is 0 Å². The van der Waals surface area contributed by atoms with E-state index < -0.39 is 5.97 Å². The van der Waals surface area contributed by atoms with E-state index in [1.165, 1.54) is 12.0 Å². The summed E-state index contributed by atoms with van der Waals surface area (Å²) < 4.78 is 4.91. The zero-order valence-electron chi connectivity index (χ0n) is 12.9. The van der Waals surface area contributed by atoms with Gasteiger partial charge in [-0.05, 0) is 12.8 Å². The minimum atomic E-state index is -1.02. The number of unbranched alkanes of at least 4 members (excludes halogenated alkanes) is 1. The molecule has 0 saturated carbocycles. The van der Waals surface area contributed by atoms with Crippen molar-refractivity contribution >= 4 is 12.0 Å². The lowest BCUT2D eigenvalue weighted by Crippen LogP contribution is -2.47. The van der Waals surface area contributed by atoms with Crippen molar-refractivity contribution in [3.63, 3.8) is 0 Å². The van der Waals surface area contributed by atoms with Gasteiger partial charge in [-0.15, -0.1) is 0 Å². The molecule has 0 rings (SSSR count).